The third kappa shape index (κ3) is 4.03. The molecule has 1 aromatic carbocycles. The Balaban J connectivity index is 0.00000192. The lowest BCUT2D eigenvalue weighted by molar-refractivity contribution is -0.129. The number of hydrogen-bond acceptors (Lipinski definition) is 3. The monoisotopic (exact) mass is 337 g/mol. The number of nitrogens with one attached hydrogen (secondary N) is 1. The second kappa shape index (κ2) is 7.79. The Morgan fingerprint density at radius 1 is 1.17 bits per heavy atom. The second-order valence-corrected chi connectivity index (χ2v) is 6.37. The van der Waals surface area contributed by atoms with Crippen molar-refractivity contribution < 1.29 is 9.59 Å². The van der Waals surface area contributed by atoms with Gasteiger partial charge in [0.15, 0.2) is 0 Å². The highest BCUT2D eigenvalue weighted by Crippen LogP contribution is 2.35. The van der Waals surface area contributed by atoms with Gasteiger partial charge >= 0.3 is 0 Å². The van der Waals surface area contributed by atoms with Gasteiger partial charge in [0, 0.05) is 24.7 Å². The Labute approximate surface area is 143 Å². The van der Waals surface area contributed by atoms with Crippen molar-refractivity contribution in [3.05, 3.63) is 35.9 Å². The fourth-order valence-corrected chi connectivity index (χ4v) is 3.68. The van der Waals surface area contributed by atoms with Gasteiger partial charge in [0.2, 0.25) is 5.91 Å². The topological polar surface area (TPSA) is 75.4 Å². The van der Waals surface area contributed by atoms with Crippen molar-refractivity contribution in [1.29, 1.82) is 0 Å². The minimum absolute atomic E-state index is 0. The SMILES string of the molecule is Cl.NC1CCCC2CN(C(=O)CNC(=O)c3ccccc3)CC12. The minimum Gasteiger partial charge on any atom is -0.343 e. The number of carbonyl (C=O) groups is 2. The number of halogens is 1. The molecule has 1 saturated heterocycles. The Morgan fingerprint density at radius 3 is 2.61 bits per heavy atom. The van der Waals surface area contributed by atoms with E-state index in [1.807, 2.05) is 23.1 Å². The zero-order valence-corrected chi connectivity index (χ0v) is 13.9. The van der Waals surface area contributed by atoms with Crippen LogP contribution in [-0.2, 0) is 4.79 Å². The van der Waals surface area contributed by atoms with Crippen LogP contribution in [0.15, 0.2) is 30.3 Å². The average Bonchev–Trinajstić information content (AvgIpc) is 2.99. The van der Waals surface area contributed by atoms with Crippen molar-refractivity contribution in [3.63, 3.8) is 0 Å². The van der Waals surface area contributed by atoms with Gasteiger partial charge in [-0.1, -0.05) is 24.6 Å². The smallest absolute Gasteiger partial charge is 0.251 e. The molecule has 3 atom stereocenters. The summed E-state index contributed by atoms with van der Waals surface area (Å²) in [6.07, 6.45) is 3.39. The van der Waals surface area contributed by atoms with Crippen LogP contribution < -0.4 is 11.1 Å². The van der Waals surface area contributed by atoms with Crippen LogP contribution in [-0.4, -0.2) is 42.4 Å². The molecular formula is C17H24ClN3O2. The molecule has 23 heavy (non-hydrogen) atoms. The van der Waals surface area contributed by atoms with Crippen LogP contribution in [0.2, 0.25) is 0 Å². The van der Waals surface area contributed by atoms with Crippen LogP contribution in [0.5, 0.6) is 0 Å². The summed E-state index contributed by atoms with van der Waals surface area (Å²) in [6.45, 7) is 1.59. The maximum absolute atomic E-state index is 12.3. The number of rotatable bonds is 3. The van der Waals surface area contributed by atoms with Crippen molar-refractivity contribution in [2.75, 3.05) is 19.6 Å². The molecular weight excluding hydrogens is 314 g/mol. The van der Waals surface area contributed by atoms with Crippen LogP contribution in [0.25, 0.3) is 0 Å². The number of amides is 2. The minimum atomic E-state index is -0.206. The van der Waals surface area contributed by atoms with Crippen molar-refractivity contribution >= 4 is 24.2 Å². The van der Waals surface area contributed by atoms with E-state index in [-0.39, 0.29) is 36.8 Å². The highest BCUT2D eigenvalue weighted by atomic mass is 35.5. The molecule has 3 unspecified atom stereocenters. The number of nitrogens with two attached hydrogens (primary N) is 1. The van der Waals surface area contributed by atoms with Crippen LogP contribution >= 0.6 is 12.4 Å². The summed E-state index contributed by atoms with van der Waals surface area (Å²) < 4.78 is 0. The predicted molar refractivity (Wildman–Crippen MR) is 91.4 cm³/mol. The third-order valence-electron chi connectivity index (χ3n) is 4.94. The van der Waals surface area contributed by atoms with E-state index in [1.165, 1.54) is 6.42 Å². The third-order valence-corrected chi connectivity index (χ3v) is 4.94. The van der Waals surface area contributed by atoms with Gasteiger partial charge in [0.1, 0.15) is 0 Å². The Hall–Kier alpha value is -1.59. The average molecular weight is 338 g/mol. The molecule has 1 aromatic rings. The van der Waals surface area contributed by atoms with E-state index in [4.69, 9.17) is 5.73 Å². The molecule has 3 N–H and O–H groups in total. The molecule has 1 aliphatic carbocycles. The van der Waals surface area contributed by atoms with Crippen LogP contribution in [0, 0.1) is 11.8 Å². The molecule has 1 saturated carbocycles. The van der Waals surface area contributed by atoms with Crippen molar-refractivity contribution in [3.8, 4) is 0 Å². The molecule has 6 heteroatoms. The van der Waals surface area contributed by atoms with Gasteiger partial charge in [-0.05, 0) is 36.8 Å². The Kier molecular flexibility index (Phi) is 6.02. The van der Waals surface area contributed by atoms with Crippen molar-refractivity contribution in [1.82, 2.24) is 10.2 Å². The predicted octanol–water partition coefficient (Wildman–Crippen LogP) is 1.42. The summed E-state index contributed by atoms with van der Waals surface area (Å²) in [5.74, 6) is 0.758. The molecule has 0 bridgehead atoms. The van der Waals surface area contributed by atoms with Crippen LogP contribution in [0.3, 0.4) is 0 Å². The number of carbonyl (C=O) groups excluding carboxylic acids is 2. The van der Waals surface area contributed by atoms with E-state index in [0.29, 0.717) is 17.4 Å². The summed E-state index contributed by atoms with van der Waals surface area (Å²) in [5.41, 5.74) is 6.75. The van der Waals surface area contributed by atoms with Gasteiger partial charge in [-0.2, -0.15) is 0 Å². The standard InChI is InChI=1S/C17H23N3O2.ClH/c18-15-8-4-7-13-10-20(11-14(13)15)16(21)9-19-17(22)12-5-2-1-3-6-12;/h1-3,5-6,13-15H,4,7-11,18H2,(H,19,22);1H. The van der Waals surface area contributed by atoms with Crippen LogP contribution in [0.1, 0.15) is 29.6 Å². The lowest BCUT2D eigenvalue weighted by Gasteiger charge is -2.29. The molecule has 2 aliphatic rings. The Morgan fingerprint density at radius 2 is 1.91 bits per heavy atom. The molecule has 2 amide bonds. The number of benzene rings is 1. The largest absolute Gasteiger partial charge is 0.343 e. The first-order valence-electron chi connectivity index (χ1n) is 8.02. The van der Waals surface area contributed by atoms with Crippen molar-refractivity contribution in [2.24, 2.45) is 17.6 Å². The van der Waals surface area contributed by atoms with Gasteiger partial charge in [0.05, 0.1) is 6.54 Å². The first kappa shape index (κ1) is 17.8. The van der Waals surface area contributed by atoms with E-state index in [0.717, 1.165) is 25.9 Å². The summed E-state index contributed by atoms with van der Waals surface area (Å²) in [7, 11) is 0. The molecule has 1 aliphatic heterocycles. The van der Waals surface area contributed by atoms with E-state index in [2.05, 4.69) is 5.32 Å². The van der Waals surface area contributed by atoms with Gasteiger partial charge < -0.3 is 16.0 Å². The lowest BCUT2D eigenvalue weighted by atomic mass is 9.78. The molecule has 0 spiro atoms. The molecule has 1 heterocycles. The molecule has 2 fully saturated rings. The Bertz CT molecular complexity index is 552. The van der Waals surface area contributed by atoms with Crippen LogP contribution in [0.4, 0.5) is 0 Å². The molecule has 3 rings (SSSR count). The zero-order valence-electron chi connectivity index (χ0n) is 13.1. The molecule has 0 aromatic heterocycles. The van der Waals surface area contributed by atoms with Gasteiger partial charge in [-0.3, -0.25) is 9.59 Å². The van der Waals surface area contributed by atoms with E-state index in [9.17, 15) is 9.59 Å². The maximum atomic E-state index is 12.3. The highest BCUT2D eigenvalue weighted by molar-refractivity contribution is 5.96. The number of fused-ring (bicyclic) bond motifs is 1. The quantitative estimate of drug-likeness (QED) is 0.876. The first-order chi connectivity index (χ1) is 10.6. The summed E-state index contributed by atoms with van der Waals surface area (Å²) in [6, 6.07) is 9.17. The number of hydrogen-bond donors (Lipinski definition) is 2. The molecule has 0 radical (unpaired) electrons. The van der Waals surface area contributed by atoms with E-state index < -0.39 is 0 Å². The first-order valence-corrected chi connectivity index (χ1v) is 8.02. The normalized spacial score (nSPS) is 26.1. The molecule has 126 valence electrons. The summed E-state index contributed by atoms with van der Waals surface area (Å²) >= 11 is 0. The van der Waals surface area contributed by atoms with Gasteiger partial charge in [-0.15, -0.1) is 12.4 Å². The van der Waals surface area contributed by atoms with Gasteiger partial charge in [-0.25, -0.2) is 0 Å². The van der Waals surface area contributed by atoms with Crippen molar-refractivity contribution in [2.45, 2.75) is 25.3 Å². The fraction of sp³-hybridized carbons (Fsp3) is 0.529. The fourth-order valence-electron chi connectivity index (χ4n) is 3.68. The summed E-state index contributed by atoms with van der Waals surface area (Å²) in [5, 5.41) is 2.71. The number of likely N-dealkylation sites (tertiary alicyclic amines) is 1. The van der Waals surface area contributed by atoms with Gasteiger partial charge in [0.25, 0.3) is 5.91 Å². The number of nitrogens with zero attached hydrogens (tertiary/aromatic N) is 1. The highest BCUT2D eigenvalue weighted by Gasteiger charge is 2.40. The second-order valence-electron chi connectivity index (χ2n) is 6.37. The van der Waals surface area contributed by atoms with E-state index >= 15 is 0 Å². The van der Waals surface area contributed by atoms with E-state index in [1.54, 1.807) is 12.1 Å². The molecule has 5 nitrogen and oxygen atoms in total. The maximum Gasteiger partial charge on any atom is 0.251 e. The zero-order chi connectivity index (χ0) is 15.5. The summed E-state index contributed by atoms with van der Waals surface area (Å²) in [4.78, 5) is 26.1. The lowest BCUT2D eigenvalue weighted by Crippen LogP contribution is -2.40.